The molecule has 0 spiro atoms. The summed E-state index contributed by atoms with van der Waals surface area (Å²) in [5, 5.41) is 16.1. The van der Waals surface area contributed by atoms with Crippen LogP contribution >= 0.6 is 15.9 Å². The van der Waals surface area contributed by atoms with E-state index in [0.717, 1.165) is 34.0 Å². The van der Waals surface area contributed by atoms with Gasteiger partial charge in [0.15, 0.2) is 0 Å². The molecule has 1 aromatic heterocycles. The number of hydrogen-bond acceptors (Lipinski definition) is 6. The van der Waals surface area contributed by atoms with E-state index in [1.165, 1.54) is 0 Å². The fourth-order valence-electron chi connectivity index (χ4n) is 2.35. The Hall–Kier alpha value is -1.70. The van der Waals surface area contributed by atoms with E-state index in [1.807, 2.05) is 18.2 Å². The molecule has 0 bridgehead atoms. The molecule has 0 fully saturated rings. The minimum Gasteiger partial charge on any atom is -0.462 e. The van der Waals surface area contributed by atoms with Gasteiger partial charge in [-0.15, -0.1) is 0 Å². The Balaban J connectivity index is 2.23. The predicted molar refractivity (Wildman–Crippen MR) is 98.5 cm³/mol. The van der Waals surface area contributed by atoms with Crippen LogP contribution in [0.5, 0.6) is 0 Å². The van der Waals surface area contributed by atoms with Crippen LogP contribution in [0.15, 0.2) is 28.9 Å². The zero-order chi connectivity index (χ0) is 17.4. The fourth-order valence-corrected chi connectivity index (χ4v) is 2.71. The van der Waals surface area contributed by atoms with Crippen molar-refractivity contribution >= 4 is 38.5 Å². The van der Waals surface area contributed by atoms with Crippen molar-refractivity contribution in [3.63, 3.8) is 0 Å². The summed E-state index contributed by atoms with van der Waals surface area (Å²) in [5.41, 5.74) is 1.99. The number of fused-ring (bicyclic) bond motifs is 1. The van der Waals surface area contributed by atoms with Gasteiger partial charge in [-0.05, 0) is 38.1 Å². The Morgan fingerprint density at radius 2 is 2.17 bits per heavy atom. The average molecular weight is 396 g/mol. The van der Waals surface area contributed by atoms with Gasteiger partial charge in [0.2, 0.25) is 0 Å². The zero-order valence-corrected chi connectivity index (χ0v) is 15.2. The molecule has 0 saturated heterocycles. The van der Waals surface area contributed by atoms with Gasteiger partial charge in [0, 0.05) is 29.1 Å². The first-order valence-electron chi connectivity index (χ1n) is 7.98. The van der Waals surface area contributed by atoms with Gasteiger partial charge in [-0.2, -0.15) is 0 Å². The molecule has 1 aromatic carbocycles. The third kappa shape index (κ3) is 4.90. The number of benzene rings is 1. The summed E-state index contributed by atoms with van der Waals surface area (Å²) in [6.45, 7) is 4.29. The lowest BCUT2D eigenvalue weighted by Gasteiger charge is -2.14. The molecule has 2 aromatic rings. The van der Waals surface area contributed by atoms with Gasteiger partial charge >= 0.3 is 5.97 Å². The van der Waals surface area contributed by atoms with E-state index in [-0.39, 0.29) is 12.6 Å². The SMILES string of the molecule is CCOC(=O)c1cnc2ccc(Br)cc2c1NCCCNCCO. The van der Waals surface area contributed by atoms with Crippen LogP contribution in [0.1, 0.15) is 23.7 Å². The second-order valence-corrected chi connectivity index (χ2v) is 6.10. The second kappa shape index (κ2) is 9.56. The van der Waals surface area contributed by atoms with Gasteiger partial charge in [0.25, 0.3) is 0 Å². The molecule has 6 nitrogen and oxygen atoms in total. The zero-order valence-electron chi connectivity index (χ0n) is 13.6. The van der Waals surface area contributed by atoms with E-state index in [4.69, 9.17) is 9.84 Å². The van der Waals surface area contributed by atoms with Crippen molar-refractivity contribution in [1.82, 2.24) is 10.3 Å². The van der Waals surface area contributed by atoms with Crippen LogP contribution in [0.25, 0.3) is 10.9 Å². The number of nitrogens with zero attached hydrogens (tertiary/aromatic N) is 1. The molecule has 7 heteroatoms. The summed E-state index contributed by atoms with van der Waals surface area (Å²) in [4.78, 5) is 16.6. The van der Waals surface area contributed by atoms with Gasteiger partial charge in [-0.3, -0.25) is 4.98 Å². The first kappa shape index (κ1) is 18.6. The normalized spacial score (nSPS) is 10.8. The molecule has 0 aliphatic rings. The summed E-state index contributed by atoms with van der Waals surface area (Å²) in [7, 11) is 0. The van der Waals surface area contributed by atoms with Crippen molar-refractivity contribution in [3.05, 3.63) is 34.4 Å². The number of rotatable bonds is 9. The molecular formula is C17H22BrN3O3. The number of hydrogen-bond donors (Lipinski definition) is 3. The van der Waals surface area contributed by atoms with Crippen molar-refractivity contribution in [2.24, 2.45) is 0 Å². The van der Waals surface area contributed by atoms with Crippen LogP contribution in [0.2, 0.25) is 0 Å². The molecule has 130 valence electrons. The van der Waals surface area contributed by atoms with Gasteiger partial charge in [-0.25, -0.2) is 4.79 Å². The maximum absolute atomic E-state index is 12.2. The van der Waals surface area contributed by atoms with Crippen molar-refractivity contribution in [3.8, 4) is 0 Å². The van der Waals surface area contributed by atoms with Crippen LogP contribution in [0, 0.1) is 0 Å². The number of aliphatic hydroxyl groups is 1. The van der Waals surface area contributed by atoms with Gasteiger partial charge < -0.3 is 20.5 Å². The second-order valence-electron chi connectivity index (χ2n) is 5.18. The first-order chi connectivity index (χ1) is 11.7. The van der Waals surface area contributed by atoms with Crippen LogP contribution in [-0.4, -0.2) is 48.9 Å². The Labute approximate surface area is 149 Å². The van der Waals surface area contributed by atoms with Gasteiger partial charge in [-0.1, -0.05) is 15.9 Å². The Morgan fingerprint density at radius 1 is 1.33 bits per heavy atom. The van der Waals surface area contributed by atoms with E-state index < -0.39 is 0 Å². The maximum atomic E-state index is 12.2. The Morgan fingerprint density at radius 3 is 2.92 bits per heavy atom. The minimum absolute atomic E-state index is 0.128. The van der Waals surface area contributed by atoms with Crippen molar-refractivity contribution in [2.45, 2.75) is 13.3 Å². The van der Waals surface area contributed by atoms with Crippen molar-refractivity contribution < 1.29 is 14.6 Å². The minimum atomic E-state index is -0.382. The van der Waals surface area contributed by atoms with Crippen LogP contribution in [0.3, 0.4) is 0 Å². The summed E-state index contributed by atoms with van der Waals surface area (Å²) in [6, 6.07) is 5.77. The number of halogens is 1. The molecule has 1 heterocycles. The predicted octanol–water partition coefficient (Wildman–Crippen LogP) is 2.56. The van der Waals surface area contributed by atoms with E-state index in [2.05, 4.69) is 31.5 Å². The first-order valence-corrected chi connectivity index (χ1v) is 8.77. The molecule has 0 aliphatic carbocycles. The molecule has 0 atom stereocenters. The Bertz CT molecular complexity index is 694. The number of aliphatic hydroxyl groups excluding tert-OH is 1. The van der Waals surface area contributed by atoms with E-state index in [0.29, 0.717) is 25.3 Å². The monoisotopic (exact) mass is 395 g/mol. The van der Waals surface area contributed by atoms with Crippen LogP contribution in [-0.2, 0) is 4.74 Å². The molecule has 24 heavy (non-hydrogen) atoms. The molecule has 0 unspecified atom stereocenters. The van der Waals surface area contributed by atoms with Gasteiger partial charge in [0.1, 0.15) is 5.56 Å². The maximum Gasteiger partial charge on any atom is 0.341 e. The number of nitrogens with one attached hydrogen (secondary N) is 2. The van der Waals surface area contributed by atoms with Crippen molar-refractivity contribution in [1.29, 1.82) is 0 Å². The van der Waals surface area contributed by atoms with E-state index in [1.54, 1.807) is 13.1 Å². The highest BCUT2D eigenvalue weighted by atomic mass is 79.9. The average Bonchev–Trinajstić information content (AvgIpc) is 2.58. The fraction of sp³-hybridized carbons (Fsp3) is 0.412. The van der Waals surface area contributed by atoms with E-state index >= 15 is 0 Å². The number of carbonyl (C=O) groups excluding carboxylic acids is 1. The molecule has 2 rings (SSSR count). The topological polar surface area (TPSA) is 83.5 Å². The van der Waals surface area contributed by atoms with Crippen molar-refractivity contribution in [2.75, 3.05) is 38.2 Å². The smallest absolute Gasteiger partial charge is 0.341 e. The number of carbonyl (C=O) groups is 1. The number of aromatic nitrogens is 1. The molecule has 0 amide bonds. The van der Waals surface area contributed by atoms with E-state index in [9.17, 15) is 4.79 Å². The number of anilines is 1. The summed E-state index contributed by atoms with van der Waals surface area (Å²) >= 11 is 3.46. The third-order valence-electron chi connectivity index (χ3n) is 3.45. The molecule has 0 aliphatic heterocycles. The van der Waals surface area contributed by atoms with Crippen LogP contribution in [0.4, 0.5) is 5.69 Å². The molecule has 3 N–H and O–H groups in total. The lowest BCUT2D eigenvalue weighted by atomic mass is 10.1. The van der Waals surface area contributed by atoms with Crippen LogP contribution < -0.4 is 10.6 Å². The summed E-state index contributed by atoms with van der Waals surface area (Å²) in [6.07, 6.45) is 2.42. The lowest BCUT2D eigenvalue weighted by molar-refractivity contribution is 0.0527. The molecule has 0 radical (unpaired) electrons. The summed E-state index contributed by atoms with van der Waals surface area (Å²) in [5.74, 6) is -0.382. The number of pyridine rings is 1. The standard InChI is InChI=1S/C17H22BrN3O3/c1-2-24-17(23)14-11-21-15-5-4-12(18)10-13(15)16(14)20-7-3-6-19-8-9-22/h4-5,10-11,19,22H,2-3,6-9H2,1H3,(H,20,21). The highest BCUT2D eigenvalue weighted by Gasteiger charge is 2.16. The molecular weight excluding hydrogens is 374 g/mol. The highest BCUT2D eigenvalue weighted by Crippen LogP contribution is 2.29. The summed E-state index contributed by atoms with van der Waals surface area (Å²) < 4.78 is 6.06. The number of esters is 1. The lowest BCUT2D eigenvalue weighted by Crippen LogP contribution is -2.21. The van der Waals surface area contributed by atoms with Gasteiger partial charge in [0.05, 0.1) is 24.4 Å². The third-order valence-corrected chi connectivity index (χ3v) is 3.94. The Kier molecular flexibility index (Phi) is 7.42. The number of ether oxygens (including phenoxy) is 1. The highest BCUT2D eigenvalue weighted by molar-refractivity contribution is 9.10. The largest absolute Gasteiger partial charge is 0.462 e. The quantitative estimate of drug-likeness (QED) is 0.447. The molecule has 0 saturated carbocycles.